The first-order chi connectivity index (χ1) is 27.3. The molecule has 2 aromatic heterocycles. The minimum absolute atomic E-state index is 0.0119. The first-order valence-corrected chi connectivity index (χ1v) is 21.0. The number of halogens is 2. The highest BCUT2D eigenvalue weighted by molar-refractivity contribution is 7.86. The van der Waals surface area contributed by atoms with Crippen molar-refractivity contribution in [3.05, 3.63) is 106 Å². The summed E-state index contributed by atoms with van der Waals surface area (Å²) in [5.74, 6) is 0.536. The molecule has 58 heavy (non-hydrogen) atoms. The van der Waals surface area contributed by atoms with Crippen molar-refractivity contribution < 1.29 is 43.7 Å². The quantitative estimate of drug-likeness (QED) is 0.0245. The highest BCUT2D eigenvalue weighted by atomic mass is 35.5. The van der Waals surface area contributed by atoms with Crippen molar-refractivity contribution in [3.8, 4) is 0 Å². The minimum Gasteiger partial charge on any atom is -0.370 e. The largest absolute Gasteiger partial charge is 0.370 e. The zero-order valence-corrected chi connectivity index (χ0v) is 33.1. The zero-order chi connectivity index (χ0) is 42.0. The van der Waals surface area contributed by atoms with Crippen molar-refractivity contribution in [1.82, 2.24) is 29.9 Å². The third-order valence-corrected chi connectivity index (χ3v) is 10.8. The summed E-state index contributed by atoms with van der Waals surface area (Å²) in [7, 11) is -14.4. The molecule has 26 heteroatoms. The van der Waals surface area contributed by atoms with Crippen molar-refractivity contribution in [1.29, 1.82) is 5.41 Å². The summed E-state index contributed by atoms with van der Waals surface area (Å²) in [4.78, 5) is 27.9. The summed E-state index contributed by atoms with van der Waals surface area (Å²) in [6.07, 6.45) is 0.625. The van der Waals surface area contributed by atoms with Gasteiger partial charge in [-0.1, -0.05) is 24.3 Å². The molecule has 0 bridgehead atoms. The summed E-state index contributed by atoms with van der Waals surface area (Å²) in [6, 6.07) is 14.3. The van der Waals surface area contributed by atoms with Crippen molar-refractivity contribution in [2.45, 2.75) is 34.5 Å². The Hall–Kier alpha value is -5.86. The average Bonchev–Trinajstić information content (AvgIpc) is 3.11. The zero-order valence-electron chi connectivity index (χ0n) is 29.1. The van der Waals surface area contributed by atoms with Gasteiger partial charge in [0.2, 0.25) is 22.9 Å². The van der Waals surface area contributed by atoms with Crippen LogP contribution in [0.3, 0.4) is 0 Å². The van der Waals surface area contributed by atoms with Crippen LogP contribution in [-0.4, -0.2) is 75.2 Å². The summed E-state index contributed by atoms with van der Waals surface area (Å²) >= 11 is 12.2. The number of nitrogens with one attached hydrogen (secondary N) is 3. The van der Waals surface area contributed by atoms with Gasteiger partial charge in [0, 0.05) is 18.2 Å². The molecule has 2 heterocycles. The van der Waals surface area contributed by atoms with Gasteiger partial charge in [0.15, 0.2) is 0 Å². The Morgan fingerprint density at radius 2 is 1.29 bits per heavy atom. The third-order valence-electron chi connectivity index (χ3n) is 7.74. The molecular weight excluding hydrogens is 866 g/mol. The predicted molar refractivity (Wildman–Crippen MR) is 207 cm³/mol. The minimum atomic E-state index is -4.91. The van der Waals surface area contributed by atoms with E-state index in [2.05, 4.69) is 50.9 Å². The molecule has 0 atom stereocenters. The normalized spacial score (nSPS) is 12.2. The number of hydrogen-bond acceptors (Lipinski definition) is 18. The molecule has 0 aliphatic rings. The van der Waals surface area contributed by atoms with E-state index in [-0.39, 0.29) is 74.7 Å². The lowest BCUT2D eigenvalue weighted by molar-refractivity contribution is 0.409. The monoisotopic (exact) mass is 889 g/mol. The van der Waals surface area contributed by atoms with Crippen LogP contribution in [0.25, 0.3) is 10.8 Å². The predicted octanol–water partition coefficient (Wildman–Crippen LogP) is 5.86. The molecule has 0 spiro atoms. The van der Waals surface area contributed by atoms with Crippen LogP contribution >= 0.6 is 23.2 Å². The van der Waals surface area contributed by atoms with Crippen LogP contribution in [0.1, 0.15) is 28.6 Å². The van der Waals surface area contributed by atoms with Gasteiger partial charge in [0.1, 0.15) is 43.5 Å². The Bertz CT molecular complexity index is 2980. The van der Waals surface area contributed by atoms with Gasteiger partial charge in [-0.2, -0.15) is 35.2 Å². The number of anilines is 3. The lowest BCUT2D eigenvalue weighted by atomic mass is 10.1. The molecular formula is C32H25Cl2N11O10S3. The molecule has 6 aromatic rings. The summed E-state index contributed by atoms with van der Waals surface area (Å²) in [5, 5.41) is 17.7. The first kappa shape index (κ1) is 41.8. The van der Waals surface area contributed by atoms with Crippen LogP contribution in [0.4, 0.5) is 28.7 Å². The molecule has 0 saturated carbocycles. The fourth-order valence-electron chi connectivity index (χ4n) is 5.43. The maximum atomic E-state index is 12.3. The van der Waals surface area contributed by atoms with E-state index in [1.807, 2.05) is 0 Å². The second-order valence-electron chi connectivity index (χ2n) is 11.8. The number of rotatable bonds is 14. The molecule has 0 radical (unpaired) electrons. The van der Waals surface area contributed by atoms with E-state index in [0.717, 1.165) is 24.3 Å². The van der Waals surface area contributed by atoms with Gasteiger partial charge in [-0.05, 0) is 89.1 Å². The molecule has 4 aromatic carbocycles. The smallest absolute Gasteiger partial charge is 0.296 e. The van der Waals surface area contributed by atoms with Crippen LogP contribution in [0.2, 0.25) is 10.6 Å². The van der Waals surface area contributed by atoms with E-state index in [9.17, 15) is 38.9 Å². The van der Waals surface area contributed by atoms with E-state index in [0.29, 0.717) is 17.5 Å². The molecule has 0 fully saturated rings. The van der Waals surface area contributed by atoms with E-state index in [1.165, 1.54) is 36.4 Å². The number of aryl methyl sites for hydroxylation is 1. The van der Waals surface area contributed by atoms with Crippen LogP contribution in [-0.2, 0) is 48.0 Å². The van der Waals surface area contributed by atoms with Gasteiger partial charge in [-0.25, -0.2) is 25.4 Å². The number of nitrogens with zero attached hydrogens (tertiary/aromatic N) is 8. The van der Waals surface area contributed by atoms with Gasteiger partial charge in [0.05, 0.1) is 11.4 Å². The SMILES string of the molecule is Cc1nc(Cl)nc(Nc2cc(Cc3nc(Cl)nc(Cc4ccc(N=Nc5cc6c(S(=O)(=O)O)cccc6cc5S(=O)(=O)O)c(NOC=N)c4)n3)ccc2S(=O)(=O)O)n1. The standard InChI is InChI=1S/C32H25Cl2N11O10S3/c1-16-36-30(33)42-32(37-16)38-23-10-18(6-8-26(23)57(49,50)51)12-29-39-28(40-31(34)41-29)11-17-5-7-21(22(9-17)45-55-15-35)43-44-24-14-20-19(13-27(24)58(52,53)54)3-2-4-25(20)56(46,47)48/h2-10,13-15,35,45H,11-12H2,1H3,(H,46,47,48)(H,49,50,51)(H,52,53,54)(H,36,37,38,42). The highest BCUT2D eigenvalue weighted by Gasteiger charge is 2.22. The van der Waals surface area contributed by atoms with E-state index < -0.39 is 50.7 Å². The van der Waals surface area contributed by atoms with Crippen LogP contribution in [0, 0.1) is 12.3 Å². The van der Waals surface area contributed by atoms with E-state index in [4.69, 9.17) is 33.4 Å². The van der Waals surface area contributed by atoms with Gasteiger partial charge < -0.3 is 10.2 Å². The molecule has 0 amide bonds. The second-order valence-corrected chi connectivity index (χ2v) is 16.7. The molecule has 0 unspecified atom stereocenters. The maximum absolute atomic E-state index is 12.3. The summed E-state index contributed by atoms with van der Waals surface area (Å²) in [5.41, 5.74) is 3.07. The molecule has 0 saturated heterocycles. The van der Waals surface area contributed by atoms with Gasteiger partial charge in [0.25, 0.3) is 30.4 Å². The second kappa shape index (κ2) is 16.5. The Kier molecular flexibility index (Phi) is 11.9. The van der Waals surface area contributed by atoms with Gasteiger partial charge in [-0.15, -0.1) is 10.2 Å². The summed E-state index contributed by atoms with van der Waals surface area (Å²) < 4.78 is 102. The van der Waals surface area contributed by atoms with Crippen LogP contribution < -0.4 is 10.8 Å². The fraction of sp³-hybridized carbons (Fsp3) is 0.0938. The molecule has 6 N–H and O–H groups in total. The maximum Gasteiger partial charge on any atom is 0.296 e. The number of fused-ring (bicyclic) bond motifs is 1. The molecule has 21 nitrogen and oxygen atoms in total. The lowest BCUT2D eigenvalue weighted by Crippen LogP contribution is -2.08. The topological polar surface area (TPSA) is 322 Å². The van der Waals surface area contributed by atoms with Crippen LogP contribution in [0.15, 0.2) is 91.6 Å². The van der Waals surface area contributed by atoms with Crippen molar-refractivity contribution >= 4 is 99.4 Å². The third kappa shape index (κ3) is 10.2. The van der Waals surface area contributed by atoms with Crippen molar-refractivity contribution in [2.75, 3.05) is 10.8 Å². The number of hydrogen-bond donors (Lipinski definition) is 6. The highest BCUT2D eigenvalue weighted by Crippen LogP contribution is 2.36. The van der Waals surface area contributed by atoms with Crippen LogP contribution in [0.5, 0.6) is 0 Å². The number of azo groups is 1. The number of aromatic nitrogens is 6. The van der Waals surface area contributed by atoms with Crippen molar-refractivity contribution in [2.24, 2.45) is 10.2 Å². The fourth-order valence-corrected chi connectivity index (χ4v) is 7.80. The molecule has 300 valence electrons. The Morgan fingerprint density at radius 3 is 1.91 bits per heavy atom. The Morgan fingerprint density at radius 1 is 0.690 bits per heavy atom. The van der Waals surface area contributed by atoms with Gasteiger partial charge in [-0.3, -0.25) is 19.1 Å². The molecule has 0 aliphatic carbocycles. The summed E-state index contributed by atoms with van der Waals surface area (Å²) in [6.45, 7) is 1.55. The van der Waals surface area contributed by atoms with Gasteiger partial charge >= 0.3 is 0 Å². The lowest BCUT2D eigenvalue weighted by Gasteiger charge is -2.12. The average molecular weight is 891 g/mol. The molecule has 6 rings (SSSR count). The Labute approximate surface area is 338 Å². The van der Waals surface area contributed by atoms with Crippen molar-refractivity contribution in [3.63, 3.8) is 0 Å². The first-order valence-electron chi connectivity index (χ1n) is 15.9. The Balaban J connectivity index is 1.30. The molecule has 0 aliphatic heterocycles. The number of benzene rings is 4. The van der Waals surface area contributed by atoms with E-state index >= 15 is 0 Å². The van der Waals surface area contributed by atoms with E-state index in [1.54, 1.807) is 13.0 Å².